The number of carboxylic acid groups (broad SMARTS) is 1. The van der Waals surface area contributed by atoms with Crippen molar-refractivity contribution in [1.29, 1.82) is 0 Å². The summed E-state index contributed by atoms with van der Waals surface area (Å²) in [5.41, 5.74) is 5.92. The molecule has 0 bridgehead atoms. The summed E-state index contributed by atoms with van der Waals surface area (Å²) in [6.07, 6.45) is 3.38. The number of carbonyl (C=O) groups is 1. The molecule has 1 rings (SSSR count). The van der Waals surface area contributed by atoms with Gasteiger partial charge in [0, 0.05) is 12.6 Å². The maximum absolute atomic E-state index is 10.3. The summed E-state index contributed by atoms with van der Waals surface area (Å²) < 4.78 is 0. The van der Waals surface area contributed by atoms with E-state index in [1.807, 2.05) is 0 Å². The fourth-order valence-corrected chi connectivity index (χ4v) is 0.715. The molecule has 68 valence electrons. The highest BCUT2D eigenvalue weighted by Gasteiger charge is 2.12. The van der Waals surface area contributed by atoms with Crippen molar-refractivity contribution >= 4 is 18.4 Å². The molecule has 1 aromatic rings. The van der Waals surface area contributed by atoms with Crippen LogP contribution in [0.1, 0.15) is 5.69 Å². The Hall–Kier alpha value is -1.07. The Bertz CT molecular complexity index is 237. The largest absolute Gasteiger partial charge is 0.480 e. The van der Waals surface area contributed by atoms with E-state index in [4.69, 9.17) is 10.8 Å². The van der Waals surface area contributed by atoms with Crippen LogP contribution < -0.4 is 5.73 Å². The van der Waals surface area contributed by atoms with Crippen LogP contribution in [-0.2, 0) is 11.2 Å². The molecule has 0 radical (unpaired) electrons. The van der Waals surface area contributed by atoms with Crippen molar-refractivity contribution in [2.24, 2.45) is 5.73 Å². The summed E-state index contributed by atoms with van der Waals surface area (Å²) >= 11 is 0. The number of aromatic nitrogens is 2. The lowest BCUT2D eigenvalue weighted by molar-refractivity contribution is -0.138. The van der Waals surface area contributed by atoms with Gasteiger partial charge in [0.2, 0.25) is 0 Å². The minimum absolute atomic E-state index is 0. The number of imidazole rings is 1. The predicted octanol–water partition coefficient (Wildman–Crippen LogP) is -0.214. The van der Waals surface area contributed by atoms with Gasteiger partial charge in [0.1, 0.15) is 6.04 Å². The second-order valence-corrected chi connectivity index (χ2v) is 2.21. The fourth-order valence-electron chi connectivity index (χ4n) is 0.715. The van der Waals surface area contributed by atoms with Gasteiger partial charge in [0.05, 0.1) is 12.0 Å². The lowest BCUT2D eigenvalue weighted by atomic mass is 10.2. The number of hydrogen-bond acceptors (Lipinski definition) is 3. The molecule has 0 unspecified atom stereocenters. The minimum atomic E-state index is -1.01. The van der Waals surface area contributed by atoms with Crippen molar-refractivity contribution in [2.75, 3.05) is 0 Å². The molecular weight excluding hydrogens is 186 g/mol. The first kappa shape index (κ1) is 10.9. The standard InChI is InChI=1S/C6H9N3O2.ClH/c7-5(6(10)11)1-4-2-8-3-9-4;/h2-3,5H,1,7H2,(H,8,9)(H,10,11);1H/t5-;/m0./s1/i10+2,11+2;. The van der Waals surface area contributed by atoms with Gasteiger partial charge in [-0.2, -0.15) is 0 Å². The molecule has 5 nitrogen and oxygen atoms in total. The van der Waals surface area contributed by atoms with E-state index in [0.717, 1.165) is 0 Å². The van der Waals surface area contributed by atoms with Gasteiger partial charge < -0.3 is 15.8 Å². The molecule has 0 saturated heterocycles. The summed E-state index contributed by atoms with van der Waals surface area (Å²) in [5.74, 6) is -1.01. The Morgan fingerprint density at radius 1 is 1.83 bits per heavy atom. The van der Waals surface area contributed by atoms with Crippen LogP contribution in [0.5, 0.6) is 0 Å². The summed E-state index contributed by atoms with van der Waals surface area (Å²) in [6, 6.07) is -0.863. The van der Waals surface area contributed by atoms with Crippen LogP contribution in [0.15, 0.2) is 12.5 Å². The zero-order chi connectivity index (χ0) is 8.27. The molecule has 0 aliphatic carbocycles. The van der Waals surface area contributed by atoms with Crippen LogP contribution in [0.3, 0.4) is 0 Å². The molecule has 0 aliphatic heterocycles. The molecular formula is C6H10ClN3O2. The molecule has 0 saturated carbocycles. The molecule has 12 heavy (non-hydrogen) atoms. The Morgan fingerprint density at radius 2 is 2.50 bits per heavy atom. The van der Waals surface area contributed by atoms with Gasteiger partial charge in [-0.25, -0.2) is 4.98 Å². The zero-order valence-corrected chi connectivity index (χ0v) is 7.04. The van der Waals surface area contributed by atoms with Crippen LogP contribution in [0.4, 0.5) is 0 Å². The Balaban J connectivity index is 0.00000121. The van der Waals surface area contributed by atoms with Gasteiger partial charge in [0.15, 0.2) is 0 Å². The molecule has 0 amide bonds. The predicted molar refractivity (Wildman–Crippen MR) is 45.2 cm³/mol. The van der Waals surface area contributed by atoms with Gasteiger partial charge in [-0.05, 0) is 0 Å². The van der Waals surface area contributed by atoms with Crippen LogP contribution in [0.2, 0.25) is 0 Å². The highest BCUT2D eigenvalue weighted by atomic mass is 35.5. The molecule has 0 fully saturated rings. The highest BCUT2D eigenvalue weighted by Crippen LogP contribution is 1.95. The number of aliphatic carboxylic acids is 1. The summed E-state index contributed by atoms with van der Waals surface area (Å²) in [7, 11) is 0. The Labute approximate surface area is 75.4 Å². The van der Waals surface area contributed by atoms with Crippen molar-refractivity contribution in [3.63, 3.8) is 0 Å². The molecule has 4 N–H and O–H groups in total. The van der Waals surface area contributed by atoms with Crippen molar-refractivity contribution in [1.82, 2.24) is 9.97 Å². The molecule has 0 aromatic carbocycles. The van der Waals surface area contributed by atoms with Crippen LogP contribution in [-0.4, -0.2) is 27.1 Å². The molecule has 0 aliphatic rings. The summed E-state index contributed by atoms with van der Waals surface area (Å²) in [4.78, 5) is 16.8. The van der Waals surface area contributed by atoms with Gasteiger partial charge in [-0.3, -0.25) is 4.79 Å². The number of nitrogens with two attached hydrogens (primary N) is 1. The zero-order valence-electron chi connectivity index (χ0n) is 6.23. The van der Waals surface area contributed by atoms with Crippen molar-refractivity contribution in [3.8, 4) is 0 Å². The van der Waals surface area contributed by atoms with E-state index >= 15 is 0 Å². The number of carboxylic acids is 1. The minimum Gasteiger partial charge on any atom is -0.480 e. The normalized spacial score (nSPS) is 11.8. The van der Waals surface area contributed by atoms with E-state index in [-0.39, 0.29) is 18.8 Å². The van der Waals surface area contributed by atoms with E-state index in [2.05, 4.69) is 9.97 Å². The van der Waals surface area contributed by atoms with Gasteiger partial charge >= 0.3 is 5.97 Å². The third kappa shape index (κ3) is 2.89. The molecule has 6 heteroatoms. The first-order chi connectivity index (χ1) is 5.20. The third-order valence-corrected chi connectivity index (χ3v) is 1.30. The number of rotatable bonds is 3. The summed E-state index contributed by atoms with van der Waals surface area (Å²) in [6.45, 7) is 0. The topological polar surface area (TPSA) is 92.0 Å². The Kier molecular flexibility index (Phi) is 4.31. The van der Waals surface area contributed by atoms with E-state index in [0.29, 0.717) is 5.69 Å². The lowest BCUT2D eigenvalue weighted by Crippen LogP contribution is -2.32. The monoisotopic (exact) mass is 195 g/mol. The second-order valence-electron chi connectivity index (χ2n) is 2.21. The van der Waals surface area contributed by atoms with Crippen LogP contribution in [0, 0.1) is 0 Å². The van der Waals surface area contributed by atoms with Crippen molar-refractivity contribution < 1.29 is 9.90 Å². The van der Waals surface area contributed by atoms with Gasteiger partial charge in [0.25, 0.3) is 0 Å². The number of H-pyrrole nitrogens is 1. The number of halogens is 1. The second kappa shape index (κ2) is 4.74. The van der Waals surface area contributed by atoms with E-state index in [1.54, 1.807) is 6.20 Å². The van der Waals surface area contributed by atoms with E-state index in [9.17, 15) is 4.79 Å². The maximum atomic E-state index is 10.3. The lowest BCUT2D eigenvalue weighted by Gasteiger charge is -2.01. The first-order valence-electron chi connectivity index (χ1n) is 3.16. The average molecular weight is 196 g/mol. The van der Waals surface area contributed by atoms with Crippen LogP contribution >= 0.6 is 12.4 Å². The molecule has 1 atom stereocenters. The number of nitrogens with zero attached hydrogens (tertiary/aromatic N) is 1. The smallest absolute Gasteiger partial charge is 0.320 e. The maximum Gasteiger partial charge on any atom is 0.320 e. The number of nitrogens with one attached hydrogen (secondary N) is 1. The fraction of sp³-hybridized carbons (Fsp3) is 0.333. The van der Waals surface area contributed by atoms with Gasteiger partial charge in [-0.15, -0.1) is 12.4 Å². The SMILES string of the molecule is Cl.N[C@@H](Cc1c[nH]cn1)C(=[18O])[18OH]. The van der Waals surface area contributed by atoms with E-state index < -0.39 is 12.0 Å². The first-order valence-corrected chi connectivity index (χ1v) is 3.16. The highest BCUT2D eigenvalue weighted by molar-refractivity contribution is 5.85. The molecule has 0 spiro atoms. The average Bonchev–Trinajstić information content (AvgIpc) is 2.39. The van der Waals surface area contributed by atoms with Crippen LogP contribution in [0.25, 0.3) is 0 Å². The molecule has 1 aromatic heterocycles. The number of hydrogen-bond donors (Lipinski definition) is 3. The third-order valence-electron chi connectivity index (χ3n) is 1.30. The summed E-state index contributed by atoms with van der Waals surface area (Å²) in [5, 5.41) is 8.42. The van der Waals surface area contributed by atoms with E-state index in [1.165, 1.54) is 6.33 Å². The number of aromatic amines is 1. The van der Waals surface area contributed by atoms with Crippen molar-refractivity contribution in [3.05, 3.63) is 18.2 Å². The van der Waals surface area contributed by atoms with Gasteiger partial charge in [-0.1, -0.05) is 0 Å². The quantitative estimate of drug-likeness (QED) is 0.582. The molecule has 1 heterocycles. The Morgan fingerprint density at radius 3 is 2.92 bits per heavy atom. The van der Waals surface area contributed by atoms with Crippen molar-refractivity contribution in [2.45, 2.75) is 12.5 Å².